The topological polar surface area (TPSA) is 128 Å². The number of rotatable bonds is 4. The van der Waals surface area contributed by atoms with Crippen LogP contribution in [0.25, 0.3) is 32.8 Å². The summed E-state index contributed by atoms with van der Waals surface area (Å²) in [5, 5.41) is 31.5. The Morgan fingerprint density at radius 2 is 1.22 bits per heavy atom. The summed E-state index contributed by atoms with van der Waals surface area (Å²) in [4.78, 5) is 32.1. The lowest BCUT2D eigenvalue weighted by atomic mass is 9.80. The van der Waals surface area contributed by atoms with Crippen LogP contribution >= 0.6 is 0 Å². The Hall–Kier alpha value is -5.77. The van der Waals surface area contributed by atoms with Crippen LogP contribution < -0.4 is 5.01 Å². The molecule has 41 heavy (non-hydrogen) atoms. The molecule has 198 valence electrons. The average molecular weight is 541 g/mol. The lowest BCUT2D eigenvalue weighted by Crippen LogP contribution is -2.28. The second-order valence-electron chi connectivity index (χ2n) is 9.81. The molecule has 1 aliphatic rings. The van der Waals surface area contributed by atoms with Gasteiger partial charge in [0.1, 0.15) is 0 Å². The zero-order chi connectivity index (χ0) is 28.2. The molecule has 6 aromatic rings. The first kappa shape index (κ1) is 24.3. The number of non-ortho nitro benzene ring substituents is 2. The van der Waals surface area contributed by atoms with E-state index < -0.39 is 15.8 Å². The van der Waals surface area contributed by atoms with Crippen LogP contribution in [0.5, 0.6) is 0 Å². The van der Waals surface area contributed by atoms with Gasteiger partial charge in [-0.15, -0.1) is 0 Å². The number of hydrogen-bond donors (Lipinski definition) is 0. The number of anilines is 1. The SMILES string of the molecule is CN1N=C(c2ccc([N+](=O)[O-])cc2)C(c2ccc([N+](=O)[O-])cc2)c2c1c1ccccc1c1nc3ccccc3nc21. The van der Waals surface area contributed by atoms with Gasteiger partial charge in [0.2, 0.25) is 0 Å². The Balaban J connectivity index is 1.59. The molecule has 1 aromatic heterocycles. The van der Waals surface area contributed by atoms with E-state index in [4.69, 9.17) is 15.1 Å². The van der Waals surface area contributed by atoms with Gasteiger partial charge < -0.3 is 0 Å². The summed E-state index contributed by atoms with van der Waals surface area (Å²) in [7, 11) is 1.86. The van der Waals surface area contributed by atoms with Crippen LogP contribution in [0.3, 0.4) is 0 Å². The molecule has 10 heteroatoms. The Labute approximate surface area is 232 Å². The van der Waals surface area contributed by atoms with E-state index in [2.05, 4.69) is 0 Å². The molecule has 0 N–H and O–H groups in total. The van der Waals surface area contributed by atoms with Crippen molar-refractivity contribution in [2.45, 2.75) is 5.92 Å². The molecule has 1 unspecified atom stereocenters. The maximum Gasteiger partial charge on any atom is 0.269 e. The molecule has 5 aromatic carbocycles. The van der Waals surface area contributed by atoms with Crippen molar-refractivity contribution in [2.24, 2.45) is 5.10 Å². The molecule has 0 radical (unpaired) electrons. The number of aromatic nitrogens is 2. The standard InChI is InChI=1S/C31H20N6O4/c1-35-31-23-7-3-2-6-22(23)29-30(33-25-9-5-4-8-24(25)32-29)27(31)26(18-10-14-20(15-11-18)36(38)39)28(34-35)19-12-16-21(17-13-19)37(40)41/h2-17,26H,1H3. The molecule has 0 saturated carbocycles. The van der Waals surface area contributed by atoms with E-state index in [-0.39, 0.29) is 11.4 Å². The quantitative estimate of drug-likeness (QED) is 0.105. The van der Waals surface area contributed by atoms with Crippen molar-refractivity contribution in [3.63, 3.8) is 0 Å². The number of benzene rings is 5. The van der Waals surface area contributed by atoms with Crippen LogP contribution in [-0.4, -0.2) is 32.6 Å². The highest BCUT2D eigenvalue weighted by atomic mass is 16.6. The first-order valence-corrected chi connectivity index (χ1v) is 12.8. The molecule has 0 amide bonds. The summed E-state index contributed by atoms with van der Waals surface area (Å²) in [6, 6.07) is 28.3. The molecule has 7 rings (SSSR count). The minimum atomic E-state index is -0.494. The van der Waals surface area contributed by atoms with Crippen LogP contribution in [0.4, 0.5) is 17.1 Å². The number of hydrogen-bond acceptors (Lipinski definition) is 8. The largest absolute Gasteiger partial charge is 0.269 e. The molecule has 2 heterocycles. The third-order valence-corrected chi connectivity index (χ3v) is 7.47. The van der Waals surface area contributed by atoms with E-state index in [9.17, 15) is 20.2 Å². The molecular formula is C31H20N6O4. The fraction of sp³-hybridized carbons (Fsp3) is 0.0645. The summed E-state index contributed by atoms with van der Waals surface area (Å²) in [5.74, 6) is -0.494. The van der Waals surface area contributed by atoms with Gasteiger partial charge in [0.25, 0.3) is 11.4 Å². The number of fused-ring (bicyclic) bond motifs is 7. The fourth-order valence-electron chi connectivity index (χ4n) is 5.65. The molecule has 0 saturated heterocycles. The predicted octanol–water partition coefficient (Wildman–Crippen LogP) is 6.74. The van der Waals surface area contributed by atoms with Crippen molar-refractivity contribution in [3.8, 4) is 0 Å². The summed E-state index contributed by atoms with van der Waals surface area (Å²) in [6.45, 7) is 0. The van der Waals surface area contributed by atoms with Gasteiger partial charge in [-0.25, -0.2) is 9.97 Å². The Bertz CT molecular complexity index is 2070. The van der Waals surface area contributed by atoms with Crippen LogP contribution in [0, 0.1) is 20.2 Å². The van der Waals surface area contributed by atoms with Crippen molar-refractivity contribution in [3.05, 3.63) is 134 Å². The highest BCUT2D eigenvalue weighted by Crippen LogP contribution is 2.47. The second kappa shape index (κ2) is 9.16. The van der Waals surface area contributed by atoms with Gasteiger partial charge >= 0.3 is 0 Å². The lowest BCUT2D eigenvalue weighted by molar-refractivity contribution is -0.385. The van der Waals surface area contributed by atoms with E-state index in [1.807, 2.05) is 60.6 Å². The summed E-state index contributed by atoms with van der Waals surface area (Å²) >= 11 is 0. The van der Waals surface area contributed by atoms with Crippen LogP contribution in [0.15, 0.2) is 102 Å². The predicted molar refractivity (Wildman–Crippen MR) is 158 cm³/mol. The van der Waals surface area contributed by atoms with Gasteiger partial charge in [0.05, 0.1) is 49.2 Å². The molecule has 0 spiro atoms. The number of nitro benzene ring substituents is 2. The van der Waals surface area contributed by atoms with E-state index >= 15 is 0 Å². The first-order chi connectivity index (χ1) is 19.9. The van der Waals surface area contributed by atoms with Crippen molar-refractivity contribution in [1.29, 1.82) is 0 Å². The van der Waals surface area contributed by atoms with Gasteiger partial charge in [-0.05, 0) is 35.4 Å². The molecule has 1 atom stereocenters. The maximum absolute atomic E-state index is 11.5. The monoisotopic (exact) mass is 540 g/mol. The Kier molecular flexibility index (Phi) is 5.43. The van der Waals surface area contributed by atoms with Crippen LogP contribution in [0.2, 0.25) is 0 Å². The highest BCUT2D eigenvalue weighted by molar-refractivity contribution is 6.19. The van der Waals surface area contributed by atoms with E-state index in [0.717, 1.165) is 44.1 Å². The minimum absolute atomic E-state index is 0.0233. The number of nitro groups is 2. The van der Waals surface area contributed by atoms with Crippen molar-refractivity contribution in [2.75, 3.05) is 12.1 Å². The number of para-hydroxylation sites is 2. The zero-order valence-electron chi connectivity index (χ0n) is 21.6. The van der Waals surface area contributed by atoms with Crippen molar-refractivity contribution < 1.29 is 9.85 Å². The summed E-state index contributed by atoms with van der Waals surface area (Å²) < 4.78 is 0. The number of hydrazone groups is 1. The van der Waals surface area contributed by atoms with E-state index in [0.29, 0.717) is 16.8 Å². The van der Waals surface area contributed by atoms with Crippen LogP contribution in [0.1, 0.15) is 22.6 Å². The van der Waals surface area contributed by atoms with E-state index in [1.54, 1.807) is 24.3 Å². The van der Waals surface area contributed by atoms with Crippen LogP contribution in [-0.2, 0) is 0 Å². The van der Waals surface area contributed by atoms with E-state index in [1.165, 1.54) is 24.3 Å². The summed E-state index contributed by atoms with van der Waals surface area (Å²) in [5.41, 5.74) is 6.70. The molecule has 0 fully saturated rings. The smallest absolute Gasteiger partial charge is 0.267 e. The minimum Gasteiger partial charge on any atom is -0.267 e. The molecular weight excluding hydrogens is 520 g/mol. The third kappa shape index (κ3) is 3.84. The molecule has 0 bridgehead atoms. The zero-order valence-corrected chi connectivity index (χ0v) is 21.6. The molecule has 1 aliphatic heterocycles. The van der Waals surface area contributed by atoms with Gasteiger partial charge in [0.15, 0.2) is 0 Å². The molecule has 0 aliphatic carbocycles. The number of nitrogens with zero attached hydrogens (tertiary/aromatic N) is 6. The van der Waals surface area contributed by atoms with Crippen molar-refractivity contribution >= 4 is 55.6 Å². The fourth-order valence-corrected chi connectivity index (χ4v) is 5.65. The average Bonchev–Trinajstić information content (AvgIpc) is 3.00. The third-order valence-electron chi connectivity index (χ3n) is 7.47. The van der Waals surface area contributed by atoms with Gasteiger partial charge in [0, 0.05) is 47.6 Å². The lowest BCUT2D eigenvalue weighted by Gasteiger charge is -2.33. The second-order valence-corrected chi connectivity index (χ2v) is 9.81. The Morgan fingerprint density at radius 3 is 1.83 bits per heavy atom. The highest BCUT2D eigenvalue weighted by Gasteiger charge is 2.35. The molecule has 10 nitrogen and oxygen atoms in total. The Morgan fingerprint density at radius 1 is 0.683 bits per heavy atom. The normalized spacial score (nSPS) is 14.7. The maximum atomic E-state index is 11.5. The van der Waals surface area contributed by atoms with Crippen molar-refractivity contribution in [1.82, 2.24) is 9.97 Å². The van der Waals surface area contributed by atoms with Gasteiger partial charge in [-0.1, -0.05) is 48.5 Å². The first-order valence-electron chi connectivity index (χ1n) is 12.8. The van der Waals surface area contributed by atoms with Gasteiger partial charge in [-0.3, -0.25) is 25.2 Å². The summed E-state index contributed by atoms with van der Waals surface area (Å²) in [6.07, 6.45) is 0. The van der Waals surface area contributed by atoms with Gasteiger partial charge in [-0.2, -0.15) is 5.10 Å².